The van der Waals surface area contributed by atoms with Crippen molar-refractivity contribution in [2.45, 2.75) is 13.0 Å². The van der Waals surface area contributed by atoms with Crippen molar-refractivity contribution in [1.82, 2.24) is 4.90 Å². The number of benzene rings is 2. The third kappa shape index (κ3) is 5.50. The molecule has 2 aromatic carbocycles. The number of carboxylic acid groups (broad SMARTS) is 1. The number of halogens is 1. The number of imide groups is 1. The number of methoxy groups -OCH3 is 1. The highest BCUT2D eigenvalue weighted by molar-refractivity contribution is 8.18. The van der Waals surface area contributed by atoms with E-state index in [-0.39, 0.29) is 22.1 Å². The molecule has 1 fully saturated rings. The largest absolute Gasteiger partial charge is 0.493 e. The minimum Gasteiger partial charge on any atom is -0.493 e. The third-order valence-electron chi connectivity index (χ3n) is 4.48. The zero-order chi connectivity index (χ0) is 24.1. The van der Waals surface area contributed by atoms with Crippen LogP contribution in [-0.4, -0.2) is 52.8 Å². The van der Waals surface area contributed by atoms with Crippen LogP contribution in [0.15, 0.2) is 47.4 Å². The number of nitrogens with zero attached hydrogens (tertiary/aromatic N) is 1. The molecular formula is C22H19FN2O7S. The van der Waals surface area contributed by atoms with E-state index in [2.05, 4.69) is 5.32 Å². The SMILES string of the molecule is COc1cccc(/C=C2\SC(=O)N(CC(=O)Nc3ccccc3F)C2=O)c1O[C@H](C)C(=O)O. The lowest BCUT2D eigenvalue weighted by atomic mass is 10.1. The first-order valence-electron chi connectivity index (χ1n) is 9.57. The molecule has 0 unspecified atom stereocenters. The second-order valence-corrected chi connectivity index (χ2v) is 7.77. The summed E-state index contributed by atoms with van der Waals surface area (Å²) in [5, 5.41) is 10.8. The van der Waals surface area contributed by atoms with E-state index in [4.69, 9.17) is 14.6 Å². The van der Waals surface area contributed by atoms with E-state index in [1.807, 2.05) is 0 Å². The van der Waals surface area contributed by atoms with Crippen LogP contribution in [0.1, 0.15) is 12.5 Å². The molecule has 0 spiro atoms. The number of para-hydroxylation sites is 2. The molecule has 0 radical (unpaired) electrons. The molecule has 0 aliphatic carbocycles. The maximum absolute atomic E-state index is 13.7. The monoisotopic (exact) mass is 474 g/mol. The van der Waals surface area contributed by atoms with Crippen LogP contribution < -0.4 is 14.8 Å². The van der Waals surface area contributed by atoms with Gasteiger partial charge < -0.3 is 19.9 Å². The number of aliphatic carboxylic acids is 1. The van der Waals surface area contributed by atoms with Gasteiger partial charge in [0, 0.05) is 5.56 Å². The number of carbonyl (C=O) groups is 4. The molecule has 3 rings (SSSR count). The summed E-state index contributed by atoms with van der Waals surface area (Å²) >= 11 is 0.607. The summed E-state index contributed by atoms with van der Waals surface area (Å²) in [5.74, 6) is -3.01. The molecule has 0 saturated carbocycles. The average Bonchev–Trinajstić information content (AvgIpc) is 3.03. The van der Waals surface area contributed by atoms with Crippen LogP contribution in [0.2, 0.25) is 0 Å². The number of thioether (sulfide) groups is 1. The topological polar surface area (TPSA) is 122 Å². The minimum atomic E-state index is -1.20. The summed E-state index contributed by atoms with van der Waals surface area (Å²) in [4.78, 5) is 49.3. The van der Waals surface area contributed by atoms with E-state index in [0.717, 1.165) is 11.0 Å². The highest BCUT2D eigenvalue weighted by Gasteiger charge is 2.36. The van der Waals surface area contributed by atoms with E-state index >= 15 is 0 Å². The molecule has 0 bridgehead atoms. The van der Waals surface area contributed by atoms with Crippen molar-refractivity contribution in [3.05, 3.63) is 58.8 Å². The van der Waals surface area contributed by atoms with Crippen LogP contribution in [0.5, 0.6) is 11.5 Å². The number of ether oxygens (including phenoxy) is 2. The zero-order valence-corrected chi connectivity index (χ0v) is 18.3. The molecule has 1 aliphatic heterocycles. The van der Waals surface area contributed by atoms with Crippen molar-refractivity contribution in [2.75, 3.05) is 19.0 Å². The fraction of sp³-hybridized carbons (Fsp3) is 0.182. The summed E-state index contributed by atoms with van der Waals surface area (Å²) in [6.45, 7) is 0.731. The van der Waals surface area contributed by atoms with Gasteiger partial charge in [-0.25, -0.2) is 9.18 Å². The number of hydrogen-bond donors (Lipinski definition) is 2. The third-order valence-corrected chi connectivity index (χ3v) is 5.39. The number of hydrogen-bond acceptors (Lipinski definition) is 7. The summed E-state index contributed by atoms with van der Waals surface area (Å²) in [6, 6.07) is 10.2. The Kier molecular flexibility index (Phi) is 7.34. The van der Waals surface area contributed by atoms with Gasteiger partial charge in [0.05, 0.1) is 17.7 Å². The molecular weight excluding hydrogens is 455 g/mol. The van der Waals surface area contributed by atoms with E-state index in [1.165, 1.54) is 38.3 Å². The quantitative estimate of drug-likeness (QED) is 0.559. The lowest BCUT2D eigenvalue weighted by Gasteiger charge is -2.16. The van der Waals surface area contributed by atoms with Crippen LogP contribution in [0.4, 0.5) is 14.9 Å². The first kappa shape index (κ1) is 23.8. The Morgan fingerprint density at radius 1 is 1.21 bits per heavy atom. The van der Waals surface area contributed by atoms with E-state index in [1.54, 1.807) is 18.2 Å². The van der Waals surface area contributed by atoms with Gasteiger partial charge in [0.25, 0.3) is 11.1 Å². The van der Waals surface area contributed by atoms with Gasteiger partial charge in [-0.2, -0.15) is 0 Å². The molecule has 1 saturated heterocycles. The first-order chi connectivity index (χ1) is 15.7. The van der Waals surface area contributed by atoms with Gasteiger partial charge >= 0.3 is 5.97 Å². The van der Waals surface area contributed by atoms with Crippen molar-refractivity contribution >= 4 is 46.5 Å². The highest BCUT2D eigenvalue weighted by atomic mass is 32.2. The molecule has 33 heavy (non-hydrogen) atoms. The number of anilines is 1. The van der Waals surface area contributed by atoms with Crippen molar-refractivity contribution in [1.29, 1.82) is 0 Å². The van der Waals surface area contributed by atoms with Crippen LogP contribution in [0, 0.1) is 5.82 Å². The number of carbonyl (C=O) groups excluding carboxylic acids is 3. The lowest BCUT2D eigenvalue weighted by molar-refractivity contribution is -0.144. The molecule has 3 amide bonds. The second-order valence-electron chi connectivity index (χ2n) is 6.77. The predicted octanol–water partition coefficient (Wildman–Crippen LogP) is 3.36. The van der Waals surface area contributed by atoms with Crippen molar-refractivity contribution in [2.24, 2.45) is 0 Å². The van der Waals surface area contributed by atoms with Gasteiger partial charge in [-0.15, -0.1) is 0 Å². The predicted molar refractivity (Wildman–Crippen MR) is 118 cm³/mol. The standard InChI is InChI=1S/C22H19FN2O7S/c1-12(21(28)29)32-19-13(6-5-9-16(19)31-2)10-17-20(27)25(22(30)33-17)11-18(26)24-15-8-4-3-7-14(15)23/h3-10,12H,11H2,1-2H3,(H,24,26)(H,28,29)/b17-10-/t12-/m1/s1. The maximum Gasteiger partial charge on any atom is 0.344 e. The van der Waals surface area contributed by atoms with Crippen LogP contribution >= 0.6 is 11.8 Å². The minimum absolute atomic E-state index is 0.000210. The number of carboxylic acids is 1. The Hall–Kier alpha value is -3.86. The van der Waals surface area contributed by atoms with Gasteiger partial charge in [0.15, 0.2) is 17.6 Å². The van der Waals surface area contributed by atoms with Gasteiger partial charge in [-0.3, -0.25) is 19.3 Å². The Bertz CT molecular complexity index is 1150. The molecule has 2 N–H and O–H groups in total. The average molecular weight is 474 g/mol. The molecule has 172 valence electrons. The molecule has 0 aromatic heterocycles. The molecule has 2 aromatic rings. The second kappa shape index (κ2) is 10.2. The summed E-state index contributed by atoms with van der Waals surface area (Å²) in [6.07, 6.45) is 0.150. The van der Waals surface area contributed by atoms with Crippen molar-refractivity contribution in [3.8, 4) is 11.5 Å². The van der Waals surface area contributed by atoms with Crippen LogP contribution in [-0.2, 0) is 14.4 Å². The first-order valence-corrected chi connectivity index (χ1v) is 10.4. The Morgan fingerprint density at radius 2 is 1.94 bits per heavy atom. The molecule has 1 heterocycles. The fourth-order valence-electron chi connectivity index (χ4n) is 2.83. The summed E-state index contributed by atoms with van der Waals surface area (Å²) in [5.41, 5.74) is 0.236. The lowest BCUT2D eigenvalue weighted by Crippen LogP contribution is -2.36. The van der Waals surface area contributed by atoms with Crippen molar-refractivity contribution in [3.63, 3.8) is 0 Å². The number of rotatable bonds is 8. The molecule has 1 aliphatic rings. The van der Waals surface area contributed by atoms with Gasteiger partial charge in [0.1, 0.15) is 12.4 Å². The van der Waals surface area contributed by atoms with Gasteiger partial charge in [0.2, 0.25) is 5.91 Å². The normalized spacial score (nSPS) is 15.5. The highest BCUT2D eigenvalue weighted by Crippen LogP contribution is 2.37. The van der Waals surface area contributed by atoms with Crippen LogP contribution in [0.25, 0.3) is 6.08 Å². The molecule has 9 nitrogen and oxygen atoms in total. The summed E-state index contributed by atoms with van der Waals surface area (Å²) < 4.78 is 24.4. The number of nitrogens with one attached hydrogen (secondary N) is 1. The zero-order valence-electron chi connectivity index (χ0n) is 17.5. The van der Waals surface area contributed by atoms with Gasteiger partial charge in [-0.1, -0.05) is 24.3 Å². The molecule has 11 heteroatoms. The number of amides is 3. The van der Waals surface area contributed by atoms with E-state index < -0.39 is 41.5 Å². The summed E-state index contributed by atoms with van der Waals surface area (Å²) in [7, 11) is 1.37. The van der Waals surface area contributed by atoms with Crippen LogP contribution in [0.3, 0.4) is 0 Å². The Morgan fingerprint density at radius 3 is 2.61 bits per heavy atom. The van der Waals surface area contributed by atoms with Gasteiger partial charge in [-0.05, 0) is 43.0 Å². The fourth-order valence-corrected chi connectivity index (χ4v) is 3.66. The van der Waals surface area contributed by atoms with Crippen molar-refractivity contribution < 1.29 is 38.1 Å². The Balaban J connectivity index is 1.81. The molecule has 1 atom stereocenters. The maximum atomic E-state index is 13.7. The van der Waals surface area contributed by atoms with E-state index in [0.29, 0.717) is 17.3 Å². The Labute approximate surface area is 192 Å². The smallest absolute Gasteiger partial charge is 0.344 e. The van der Waals surface area contributed by atoms with E-state index in [9.17, 15) is 23.6 Å².